The molecule has 1 atom stereocenters. The number of pyridine rings is 1. The van der Waals surface area contributed by atoms with Crippen molar-refractivity contribution in [2.45, 2.75) is 40.0 Å². The minimum atomic E-state index is -0.760. The molecular weight excluding hydrogens is 458 g/mol. The lowest BCUT2D eigenvalue weighted by Gasteiger charge is -2.19. The van der Waals surface area contributed by atoms with Gasteiger partial charge in [0.15, 0.2) is 5.82 Å². The first-order valence-corrected chi connectivity index (χ1v) is 11.7. The first-order valence-electron chi connectivity index (χ1n) is 11.7. The third-order valence-corrected chi connectivity index (χ3v) is 5.56. The summed E-state index contributed by atoms with van der Waals surface area (Å²) in [5.41, 5.74) is 19.2. The van der Waals surface area contributed by atoms with E-state index in [0.717, 1.165) is 47.1 Å². The van der Waals surface area contributed by atoms with Gasteiger partial charge in [0.05, 0.1) is 11.9 Å². The van der Waals surface area contributed by atoms with Gasteiger partial charge in [0.1, 0.15) is 23.3 Å². The van der Waals surface area contributed by atoms with Gasteiger partial charge in [-0.05, 0) is 44.7 Å². The summed E-state index contributed by atoms with van der Waals surface area (Å²) >= 11 is 0. The second-order valence-electron chi connectivity index (χ2n) is 8.10. The Bertz CT molecular complexity index is 1170. The fourth-order valence-electron chi connectivity index (χ4n) is 3.46. The monoisotopic (exact) mass is 493 g/mol. The number of allylic oxidation sites excluding steroid dienone is 2. The molecule has 12 nitrogen and oxygen atoms in total. The maximum absolute atomic E-state index is 11.6. The van der Waals surface area contributed by atoms with Crippen LogP contribution in [0.2, 0.25) is 0 Å². The highest BCUT2D eigenvalue weighted by Crippen LogP contribution is 2.27. The molecule has 0 radical (unpaired) electrons. The topological polar surface area (TPSA) is 190 Å². The van der Waals surface area contributed by atoms with Crippen molar-refractivity contribution in [3.05, 3.63) is 35.5 Å². The first kappa shape index (κ1) is 27.8. The fourth-order valence-corrected chi connectivity index (χ4v) is 3.46. The molecule has 0 spiro atoms. The molecular formula is C24H35N11O. The normalized spacial score (nSPS) is 14.5. The summed E-state index contributed by atoms with van der Waals surface area (Å²) in [6.45, 7) is 8.12. The second kappa shape index (κ2) is 13.5. The van der Waals surface area contributed by atoms with Crippen molar-refractivity contribution in [1.29, 1.82) is 5.26 Å². The van der Waals surface area contributed by atoms with E-state index in [9.17, 15) is 4.79 Å². The van der Waals surface area contributed by atoms with Crippen LogP contribution in [-0.2, 0) is 0 Å². The number of hydrogen-bond acceptors (Lipinski definition) is 8. The number of nitrogens with zero attached hydrogens (tertiary/aromatic N) is 7. The number of carbonyl (C=O) groups excluding carboxylic acids is 1. The summed E-state index contributed by atoms with van der Waals surface area (Å²) in [5.74, 6) is 1.68. The van der Waals surface area contributed by atoms with E-state index in [2.05, 4.69) is 36.4 Å². The van der Waals surface area contributed by atoms with Crippen molar-refractivity contribution in [1.82, 2.24) is 14.8 Å². The van der Waals surface area contributed by atoms with Crippen LogP contribution >= 0.6 is 0 Å². The number of carbonyl (C=O) groups is 1. The molecule has 1 unspecified atom stereocenters. The Balaban J connectivity index is 0.000000267. The molecule has 1 saturated heterocycles. The van der Waals surface area contributed by atoms with E-state index < -0.39 is 6.03 Å². The van der Waals surface area contributed by atoms with Crippen molar-refractivity contribution in [2.75, 3.05) is 41.8 Å². The van der Waals surface area contributed by atoms with Gasteiger partial charge in [-0.3, -0.25) is 0 Å². The average molecular weight is 494 g/mol. The average Bonchev–Trinajstić information content (AvgIpc) is 3.53. The lowest BCUT2D eigenvalue weighted by Crippen LogP contribution is -2.26. The molecule has 1 aliphatic rings. The molecule has 7 N–H and O–H groups in total. The zero-order valence-corrected chi connectivity index (χ0v) is 21.3. The van der Waals surface area contributed by atoms with E-state index in [0.29, 0.717) is 0 Å². The maximum atomic E-state index is 11.6. The third kappa shape index (κ3) is 7.30. The predicted octanol–water partition coefficient (Wildman–Crippen LogP) is 2.91. The summed E-state index contributed by atoms with van der Waals surface area (Å²) < 4.78 is 1.01. The Morgan fingerprint density at radius 1 is 1.36 bits per heavy atom. The van der Waals surface area contributed by atoms with Gasteiger partial charge >= 0.3 is 6.03 Å². The van der Waals surface area contributed by atoms with Crippen LogP contribution in [0.5, 0.6) is 0 Å². The molecule has 3 rings (SSSR count). The molecule has 0 bridgehead atoms. The van der Waals surface area contributed by atoms with Crippen LogP contribution < -0.4 is 27.4 Å². The number of rotatable bonds is 5. The molecule has 3 heterocycles. The highest BCUT2D eigenvalue weighted by atomic mass is 16.2. The smallest absolute Gasteiger partial charge is 0.369 e. The van der Waals surface area contributed by atoms with Crippen molar-refractivity contribution < 1.29 is 4.79 Å². The molecule has 2 aromatic rings. The second-order valence-corrected chi connectivity index (χ2v) is 8.10. The largest absolute Gasteiger partial charge is 0.396 e. The SMILES string of the molecule is CC=CC(/C=N/C(=O)/N=C(\N)n1ncc(C#N)c1N)CC.CNc1nc(N2CCCC2)cc(C)c1N. The highest BCUT2D eigenvalue weighted by Gasteiger charge is 2.16. The van der Waals surface area contributed by atoms with E-state index in [-0.39, 0.29) is 23.3 Å². The number of aromatic nitrogens is 3. The van der Waals surface area contributed by atoms with Crippen LogP contribution in [0.4, 0.5) is 27.9 Å². The van der Waals surface area contributed by atoms with Gasteiger partial charge in [0.25, 0.3) is 0 Å². The Morgan fingerprint density at radius 2 is 2.06 bits per heavy atom. The number of nitriles is 1. The first-order chi connectivity index (χ1) is 17.2. The quantitative estimate of drug-likeness (QED) is 0.275. The number of nitrogen functional groups attached to an aromatic ring is 2. The van der Waals surface area contributed by atoms with Crippen LogP contribution in [0.1, 0.15) is 44.2 Å². The Morgan fingerprint density at radius 3 is 2.61 bits per heavy atom. The highest BCUT2D eigenvalue weighted by molar-refractivity contribution is 5.96. The van der Waals surface area contributed by atoms with Gasteiger partial charge in [0, 0.05) is 32.3 Å². The zero-order valence-electron chi connectivity index (χ0n) is 21.3. The van der Waals surface area contributed by atoms with Gasteiger partial charge in [-0.1, -0.05) is 19.1 Å². The Kier molecular flexibility index (Phi) is 10.4. The Hall–Kier alpha value is -4.40. The standard InChI is InChI=1S/C13H17N7O.C11H18N4/c1-3-5-9(4-2)7-17-13(21)19-12(16)20-11(15)10(6-14)8-18-20;1-8-7-9(15-5-3-4-6-15)14-11(13-2)10(8)12/h3,5,7-9H,4,15H2,1-2H3,(H2,16,19,21);7H,3-6,12H2,1-2H3,(H,13,14)/b5-3?,17-7+;. The van der Waals surface area contributed by atoms with Crippen LogP contribution in [0, 0.1) is 24.2 Å². The van der Waals surface area contributed by atoms with Crippen molar-refractivity contribution in [2.24, 2.45) is 21.6 Å². The van der Waals surface area contributed by atoms with Crippen molar-refractivity contribution in [3.63, 3.8) is 0 Å². The van der Waals surface area contributed by atoms with Crippen LogP contribution in [0.15, 0.2) is 34.4 Å². The fraction of sp³-hybridized carbons (Fsp3) is 0.417. The van der Waals surface area contributed by atoms with Gasteiger partial charge in [0.2, 0.25) is 5.96 Å². The summed E-state index contributed by atoms with van der Waals surface area (Å²) in [7, 11) is 1.85. The number of nitrogens with two attached hydrogens (primary N) is 3. The molecule has 36 heavy (non-hydrogen) atoms. The Labute approximate surface area is 211 Å². The minimum absolute atomic E-state index is 0.0240. The summed E-state index contributed by atoms with van der Waals surface area (Å²) in [4.78, 5) is 25.7. The van der Waals surface area contributed by atoms with E-state index in [1.54, 1.807) is 0 Å². The van der Waals surface area contributed by atoms with E-state index in [1.807, 2.05) is 46.0 Å². The van der Waals surface area contributed by atoms with E-state index in [4.69, 9.17) is 22.5 Å². The number of anilines is 4. The molecule has 1 fully saturated rings. The zero-order chi connectivity index (χ0) is 26.7. The van der Waals surface area contributed by atoms with Gasteiger partial charge in [-0.2, -0.15) is 20.0 Å². The van der Waals surface area contributed by atoms with E-state index >= 15 is 0 Å². The number of hydrogen-bond donors (Lipinski definition) is 4. The van der Waals surface area contributed by atoms with Crippen LogP contribution in [-0.4, -0.2) is 53.1 Å². The van der Waals surface area contributed by atoms with E-state index in [1.165, 1.54) is 25.3 Å². The molecule has 2 amide bonds. The predicted molar refractivity (Wildman–Crippen MR) is 145 cm³/mol. The molecule has 2 aromatic heterocycles. The van der Waals surface area contributed by atoms with Crippen molar-refractivity contribution in [3.8, 4) is 6.07 Å². The number of nitrogens with one attached hydrogen (secondary N) is 1. The number of aryl methyl sites for hydroxylation is 1. The molecule has 0 aromatic carbocycles. The lowest BCUT2D eigenvalue weighted by molar-refractivity contribution is 0.257. The van der Waals surface area contributed by atoms with Gasteiger partial charge in [-0.25, -0.2) is 14.8 Å². The van der Waals surface area contributed by atoms with Crippen LogP contribution in [0.3, 0.4) is 0 Å². The molecule has 12 heteroatoms. The maximum Gasteiger partial charge on any atom is 0.369 e. The van der Waals surface area contributed by atoms with Crippen molar-refractivity contribution >= 4 is 41.3 Å². The molecule has 192 valence electrons. The third-order valence-electron chi connectivity index (χ3n) is 5.56. The van der Waals surface area contributed by atoms with Crippen LogP contribution in [0.25, 0.3) is 0 Å². The summed E-state index contributed by atoms with van der Waals surface area (Å²) in [5, 5.41) is 15.6. The number of aliphatic imine (C=N–C) groups is 2. The molecule has 0 saturated carbocycles. The number of amides is 2. The lowest BCUT2D eigenvalue weighted by atomic mass is 10.1. The summed E-state index contributed by atoms with van der Waals surface area (Å²) in [6.07, 6.45) is 9.90. The number of urea groups is 1. The molecule has 0 aliphatic carbocycles. The van der Waals surface area contributed by atoms with Gasteiger partial charge < -0.3 is 27.4 Å². The van der Waals surface area contributed by atoms with Gasteiger partial charge in [-0.15, -0.1) is 0 Å². The minimum Gasteiger partial charge on any atom is -0.396 e. The summed E-state index contributed by atoms with van der Waals surface area (Å²) in [6, 6.07) is 3.16. The molecule has 1 aliphatic heterocycles.